The van der Waals surface area contributed by atoms with E-state index in [0.29, 0.717) is 37.3 Å². The van der Waals surface area contributed by atoms with Crippen molar-refractivity contribution in [3.8, 4) is 0 Å². The summed E-state index contributed by atoms with van der Waals surface area (Å²) in [6.45, 7) is 2.61. The fourth-order valence-electron chi connectivity index (χ4n) is 3.94. The topological polar surface area (TPSA) is 72.5 Å². The summed E-state index contributed by atoms with van der Waals surface area (Å²) in [5.41, 5.74) is 3.13. The standard InChI is InChI=1S/C24H24N2O4/c1-16-12-20(9-8-17-6-4-3-5-7-17)30-24(29)22(16)23(28)26-11-10-18-13-21(27)25(2)14-19(18)15-26/h3-7,12-14H,8-11,15H2,1-2H3. The lowest BCUT2D eigenvalue weighted by molar-refractivity contribution is 0.0728. The quantitative estimate of drug-likeness (QED) is 0.670. The first-order chi connectivity index (χ1) is 14.4. The van der Waals surface area contributed by atoms with Crippen LogP contribution in [0, 0.1) is 6.92 Å². The molecule has 1 aliphatic heterocycles. The molecular formula is C24H24N2O4. The minimum atomic E-state index is -0.589. The van der Waals surface area contributed by atoms with Crippen molar-refractivity contribution in [3.05, 3.63) is 103 Å². The number of benzene rings is 1. The zero-order valence-corrected chi connectivity index (χ0v) is 17.2. The number of carbonyl (C=O) groups is 1. The van der Waals surface area contributed by atoms with Crippen molar-refractivity contribution in [2.24, 2.45) is 7.05 Å². The number of fused-ring (bicyclic) bond motifs is 1. The molecule has 0 bridgehead atoms. The molecule has 1 aliphatic rings. The van der Waals surface area contributed by atoms with Gasteiger partial charge in [-0.05, 0) is 48.1 Å². The summed E-state index contributed by atoms with van der Waals surface area (Å²) in [4.78, 5) is 39.2. The first-order valence-electron chi connectivity index (χ1n) is 10.1. The van der Waals surface area contributed by atoms with Crippen LogP contribution < -0.4 is 11.2 Å². The Kier molecular flexibility index (Phi) is 5.40. The van der Waals surface area contributed by atoms with E-state index >= 15 is 0 Å². The molecule has 6 nitrogen and oxygen atoms in total. The molecule has 1 aromatic carbocycles. The molecule has 0 saturated heterocycles. The van der Waals surface area contributed by atoms with Crippen LogP contribution in [0.15, 0.2) is 62.7 Å². The third kappa shape index (κ3) is 3.99. The average Bonchev–Trinajstić information content (AvgIpc) is 2.73. The molecule has 0 atom stereocenters. The molecule has 3 aromatic rings. The molecule has 0 N–H and O–H groups in total. The van der Waals surface area contributed by atoms with Gasteiger partial charge in [0.05, 0.1) is 0 Å². The smallest absolute Gasteiger partial charge is 0.349 e. The highest BCUT2D eigenvalue weighted by Gasteiger charge is 2.26. The minimum absolute atomic E-state index is 0.0592. The van der Waals surface area contributed by atoms with Gasteiger partial charge in [-0.25, -0.2) is 4.79 Å². The summed E-state index contributed by atoms with van der Waals surface area (Å²) in [6.07, 6.45) is 3.72. The number of amides is 1. The number of pyridine rings is 1. The Morgan fingerprint density at radius 1 is 1.07 bits per heavy atom. The van der Waals surface area contributed by atoms with Crippen molar-refractivity contribution in [2.75, 3.05) is 6.54 Å². The molecule has 0 radical (unpaired) electrons. The number of hydrogen-bond acceptors (Lipinski definition) is 4. The number of nitrogens with zero attached hydrogens (tertiary/aromatic N) is 2. The van der Waals surface area contributed by atoms with Crippen LogP contribution in [0.1, 0.15) is 38.4 Å². The van der Waals surface area contributed by atoms with Crippen molar-refractivity contribution in [1.82, 2.24) is 9.47 Å². The van der Waals surface area contributed by atoms with Crippen molar-refractivity contribution in [2.45, 2.75) is 32.7 Å². The van der Waals surface area contributed by atoms with Gasteiger partial charge in [0.1, 0.15) is 11.3 Å². The van der Waals surface area contributed by atoms with Gasteiger partial charge in [-0.1, -0.05) is 30.3 Å². The molecule has 6 heteroatoms. The number of rotatable bonds is 4. The van der Waals surface area contributed by atoms with Crippen LogP contribution >= 0.6 is 0 Å². The van der Waals surface area contributed by atoms with Crippen LogP contribution in [-0.2, 0) is 32.9 Å². The maximum Gasteiger partial charge on any atom is 0.349 e. The van der Waals surface area contributed by atoms with E-state index in [9.17, 15) is 14.4 Å². The zero-order chi connectivity index (χ0) is 21.3. The monoisotopic (exact) mass is 404 g/mol. The molecule has 4 rings (SSSR count). The lowest BCUT2D eigenvalue weighted by Crippen LogP contribution is -2.39. The summed E-state index contributed by atoms with van der Waals surface area (Å²) >= 11 is 0. The first-order valence-corrected chi connectivity index (χ1v) is 10.1. The molecule has 0 spiro atoms. The fraction of sp³-hybridized carbons (Fsp3) is 0.292. The van der Waals surface area contributed by atoms with E-state index < -0.39 is 5.63 Å². The first kappa shape index (κ1) is 19.9. The molecule has 0 fully saturated rings. The Hall–Kier alpha value is -3.41. The molecule has 154 valence electrons. The molecule has 3 heterocycles. The second kappa shape index (κ2) is 8.14. The van der Waals surface area contributed by atoms with Gasteiger partial charge < -0.3 is 13.9 Å². The highest BCUT2D eigenvalue weighted by Crippen LogP contribution is 2.20. The Labute approximate surface area is 174 Å². The predicted octanol–water partition coefficient (Wildman–Crippen LogP) is 2.63. The van der Waals surface area contributed by atoms with Crippen molar-refractivity contribution in [3.63, 3.8) is 0 Å². The maximum absolute atomic E-state index is 13.1. The summed E-state index contributed by atoms with van der Waals surface area (Å²) in [7, 11) is 1.69. The van der Waals surface area contributed by atoms with Crippen LogP contribution in [0.4, 0.5) is 0 Å². The third-order valence-corrected chi connectivity index (χ3v) is 5.62. The number of aromatic nitrogens is 1. The Morgan fingerprint density at radius 3 is 2.57 bits per heavy atom. The van der Waals surface area contributed by atoms with Gasteiger partial charge >= 0.3 is 5.63 Å². The molecule has 2 aromatic heterocycles. The van der Waals surface area contributed by atoms with Gasteiger partial charge in [0.15, 0.2) is 0 Å². The van der Waals surface area contributed by atoms with Gasteiger partial charge in [0, 0.05) is 38.8 Å². The van der Waals surface area contributed by atoms with Crippen LogP contribution in [0.25, 0.3) is 0 Å². The van der Waals surface area contributed by atoms with Gasteiger partial charge in [0.25, 0.3) is 11.5 Å². The van der Waals surface area contributed by atoms with E-state index in [-0.39, 0.29) is 17.0 Å². The Morgan fingerprint density at radius 2 is 1.83 bits per heavy atom. The second-order valence-electron chi connectivity index (χ2n) is 7.79. The summed E-state index contributed by atoms with van der Waals surface area (Å²) in [5, 5.41) is 0. The molecule has 0 saturated carbocycles. The number of hydrogen-bond donors (Lipinski definition) is 0. The van der Waals surface area contributed by atoms with Gasteiger partial charge in [-0.2, -0.15) is 0 Å². The third-order valence-electron chi connectivity index (χ3n) is 5.62. The van der Waals surface area contributed by atoms with E-state index in [4.69, 9.17) is 4.42 Å². The highest BCUT2D eigenvalue weighted by molar-refractivity contribution is 5.95. The average molecular weight is 404 g/mol. The fourth-order valence-corrected chi connectivity index (χ4v) is 3.94. The lowest BCUT2D eigenvalue weighted by atomic mass is 10.0. The minimum Gasteiger partial charge on any atom is -0.427 e. The molecular weight excluding hydrogens is 380 g/mol. The number of carbonyl (C=O) groups excluding carboxylic acids is 1. The van der Waals surface area contributed by atoms with E-state index in [1.54, 1.807) is 37.2 Å². The van der Waals surface area contributed by atoms with Gasteiger partial charge in [-0.3, -0.25) is 9.59 Å². The Bertz CT molecular complexity index is 1210. The SMILES string of the molecule is Cc1cc(CCc2ccccc2)oc(=O)c1C(=O)N1CCc2cc(=O)n(C)cc2C1. The molecule has 0 aliphatic carbocycles. The van der Waals surface area contributed by atoms with Crippen LogP contribution in [0.3, 0.4) is 0 Å². The van der Waals surface area contributed by atoms with Gasteiger partial charge in [-0.15, -0.1) is 0 Å². The van der Waals surface area contributed by atoms with Crippen molar-refractivity contribution < 1.29 is 9.21 Å². The van der Waals surface area contributed by atoms with E-state index in [2.05, 4.69) is 0 Å². The normalized spacial score (nSPS) is 13.2. The highest BCUT2D eigenvalue weighted by atomic mass is 16.4. The molecule has 0 unspecified atom stereocenters. The van der Waals surface area contributed by atoms with Crippen LogP contribution in [0.5, 0.6) is 0 Å². The van der Waals surface area contributed by atoms with E-state index in [1.165, 1.54) is 10.1 Å². The Balaban J connectivity index is 1.53. The lowest BCUT2D eigenvalue weighted by Gasteiger charge is -2.29. The maximum atomic E-state index is 13.1. The number of aryl methyl sites for hydroxylation is 4. The van der Waals surface area contributed by atoms with Crippen LogP contribution in [-0.4, -0.2) is 21.9 Å². The summed E-state index contributed by atoms with van der Waals surface area (Å²) < 4.78 is 6.99. The zero-order valence-electron chi connectivity index (χ0n) is 17.2. The van der Waals surface area contributed by atoms with E-state index in [1.807, 2.05) is 30.3 Å². The summed E-state index contributed by atoms with van der Waals surface area (Å²) in [5.74, 6) is 0.257. The molecule has 1 amide bonds. The largest absolute Gasteiger partial charge is 0.427 e. The van der Waals surface area contributed by atoms with Crippen LogP contribution in [0.2, 0.25) is 0 Å². The van der Waals surface area contributed by atoms with Crippen molar-refractivity contribution in [1.29, 1.82) is 0 Å². The van der Waals surface area contributed by atoms with Gasteiger partial charge in [0.2, 0.25) is 0 Å². The molecule has 30 heavy (non-hydrogen) atoms. The summed E-state index contributed by atoms with van der Waals surface area (Å²) in [6, 6.07) is 13.4. The second-order valence-corrected chi connectivity index (χ2v) is 7.79. The predicted molar refractivity (Wildman–Crippen MR) is 114 cm³/mol. The van der Waals surface area contributed by atoms with E-state index in [0.717, 1.165) is 17.5 Å². The van der Waals surface area contributed by atoms with Crippen molar-refractivity contribution >= 4 is 5.91 Å².